The highest BCUT2D eigenvalue weighted by Crippen LogP contribution is 2.18. The third-order valence-electron chi connectivity index (χ3n) is 3.15. The van der Waals surface area contributed by atoms with Crippen molar-refractivity contribution in [2.45, 2.75) is 0 Å². The van der Waals surface area contributed by atoms with E-state index in [0.717, 1.165) is 32.0 Å². The number of rotatable bonds is 2. The minimum Gasteiger partial charge on any atom is -0.368 e. The summed E-state index contributed by atoms with van der Waals surface area (Å²) in [7, 11) is 0. The number of aromatic nitrogens is 1. The van der Waals surface area contributed by atoms with Gasteiger partial charge in [-0.05, 0) is 12.1 Å². The number of hydrogen-bond donors (Lipinski definition) is 0. The zero-order valence-corrected chi connectivity index (χ0v) is 9.62. The molecule has 17 heavy (non-hydrogen) atoms. The van der Waals surface area contributed by atoms with Gasteiger partial charge >= 0.3 is 0 Å². The maximum Gasteiger partial charge on any atom is 0.172 e. The second-order valence-corrected chi connectivity index (χ2v) is 4.17. The Labute approximate surface area is 100 Å². The summed E-state index contributed by atoms with van der Waals surface area (Å²) in [6.45, 7) is 4.02. The molecule has 0 radical (unpaired) electrons. The first-order valence-electron chi connectivity index (χ1n) is 5.89. The summed E-state index contributed by atoms with van der Waals surface area (Å²) in [5.74, 6) is 0.942. The molecule has 0 spiro atoms. The van der Waals surface area contributed by atoms with Gasteiger partial charge in [0.25, 0.3) is 0 Å². The Morgan fingerprint density at radius 3 is 2.24 bits per heavy atom. The van der Waals surface area contributed by atoms with Crippen LogP contribution in [0.4, 0.5) is 11.5 Å². The molecule has 1 aromatic heterocycles. The van der Waals surface area contributed by atoms with E-state index < -0.39 is 0 Å². The van der Waals surface area contributed by atoms with E-state index >= 15 is 0 Å². The van der Waals surface area contributed by atoms with Crippen LogP contribution in [0.15, 0.2) is 47.2 Å². The summed E-state index contributed by atoms with van der Waals surface area (Å²) in [5, 5.41) is 3.97. The van der Waals surface area contributed by atoms with Gasteiger partial charge in [0.15, 0.2) is 5.82 Å². The molecule has 2 aromatic rings. The molecule has 3 rings (SSSR count). The highest BCUT2D eigenvalue weighted by Gasteiger charge is 2.18. The van der Waals surface area contributed by atoms with Gasteiger partial charge in [0.05, 0.1) is 0 Å². The van der Waals surface area contributed by atoms with E-state index in [1.807, 2.05) is 6.07 Å². The zero-order valence-electron chi connectivity index (χ0n) is 9.62. The van der Waals surface area contributed by atoms with Gasteiger partial charge in [-0.15, -0.1) is 0 Å². The monoisotopic (exact) mass is 229 g/mol. The van der Waals surface area contributed by atoms with Crippen molar-refractivity contribution in [2.24, 2.45) is 0 Å². The minimum atomic E-state index is 0.942. The first kappa shape index (κ1) is 10.2. The molecule has 0 atom stereocenters. The Bertz CT molecular complexity index is 447. The van der Waals surface area contributed by atoms with E-state index in [4.69, 9.17) is 4.52 Å². The molecule has 1 fully saturated rings. The fourth-order valence-electron chi connectivity index (χ4n) is 2.20. The summed E-state index contributed by atoms with van der Waals surface area (Å²) < 4.78 is 4.87. The predicted molar refractivity (Wildman–Crippen MR) is 67.4 cm³/mol. The van der Waals surface area contributed by atoms with Gasteiger partial charge in [-0.2, -0.15) is 0 Å². The van der Waals surface area contributed by atoms with Crippen LogP contribution in [0.3, 0.4) is 0 Å². The van der Waals surface area contributed by atoms with E-state index in [9.17, 15) is 0 Å². The largest absolute Gasteiger partial charge is 0.368 e. The van der Waals surface area contributed by atoms with Gasteiger partial charge in [-0.3, -0.25) is 0 Å². The molecule has 1 aliphatic heterocycles. The predicted octanol–water partition coefficient (Wildman–Crippen LogP) is 2.00. The maximum absolute atomic E-state index is 4.87. The van der Waals surface area contributed by atoms with Crippen LogP contribution in [-0.4, -0.2) is 31.3 Å². The highest BCUT2D eigenvalue weighted by molar-refractivity contribution is 5.48. The van der Waals surface area contributed by atoms with Gasteiger partial charge in [-0.25, -0.2) is 0 Å². The zero-order chi connectivity index (χ0) is 11.5. The molecular formula is C13H15N3O. The quantitative estimate of drug-likeness (QED) is 0.788. The van der Waals surface area contributed by atoms with Crippen molar-refractivity contribution in [3.8, 4) is 0 Å². The Balaban J connectivity index is 1.65. The molecule has 0 N–H and O–H groups in total. The van der Waals surface area contributed by atoms with Crippen molar-refractivity contribution in [2.75, 3.05) is 36.0 Å². The minimum absolute atomic E-state index is 0.942. The SMILES string of the molecule is c1ccc(N2CCN(c3ccon3)CC2)cc1. The summed E-state index contributed by atoms with van der Waals surface area (Å²) >= 11 is 0. The Morgan fingerprint density at radius 2 is 1.59 bits per heavy atom. The average molecular weight is 229 g/mol. The summed E-state index contributed by atoms with van der Waals surface area (Å²) in [6, 6.07) is 12.4. The molecule has 0 saturated carbocycles. The number of para-hydroxylation sites is 1. The lowest BCUT2D eigenvalue weighted by atomic mass is 10.2. The van der Waals surface area contributed by atoms with E-state index in [1.54, 1.807) is 6.26 Å². The van der Waals surface area contributed by atoms with Crippen molar-refractivity contribution >= 4 is 11.5 Å². The molecule has 0 bridgehead atoms. The van der Waals surface area contributed by atoms with Crippen molar-refractivity contribution in [1.29, 1.82) is 0 Å². The molecule has 88 valence electrons. The normalized spacial score (nSPS) is 16.2. The highest BCUT2D eigenvalue weighted by atomic mass is 16.5. The Morgan fingerprint density at radius 1 is 0.882 bits per heavy atom. The molecule has 1 saturated heterocycles. The number of hydrogen-bond acceptors (Lipinski definition) is 4. The molecule has 0 amide bonds. The summed E-state index contributed by atoms with van der Waals surface area (Å²) in [5.41, 5.74) is 1.30. The van der Waals surface area contributed by atoms with E-state index in [2.05, 4.69) is 45.3 Å². The third-order valence-corrected chi connectivity index (χ3v) is 3.15. The molecule has 1 aromatic carbocycles. The van der Waals surface area contributed by atoms with E-state index in [0.29, 0.717) is 0 Å². The van der Waals surface area contributed by atoms with E-state index in [1.165, 1.54) is 5.69 Å². The average Bonchev–Trinajstić information content (AvgIpc) is 2.94. The van der Waals surface area contributed by atoms with Crippen LogP contribution in [0.1, 0.15) is 0 Å². The van der Waals surface area contributed by atoms with Crippen LogP contribution >= 0.6 is 0 Å². The lowest BCUT2D eigenvalue weighted by Crippen LogP contribution is -2.46. The lowest BCUT2D eigenvalue weighted by Gasteiger charge is -2.35. The number of benzene rings is 1. The van der Waals surface area contributed by atoms with Crippen molar-refractivity contribution in [3.63, 3.8) is 0 Å². The second-order valence-electron chi connectivity index (χ2n) is 4.17. The molecule has 1 aliphatic rings. The van der Waals surface area contributed by atoms with Gasteiger partial charge in [0, 0.05) is 37.9 Å². The van der Waals surface area contributed by atoms with Gasteiger partial charge in [0.1, 0.15) is 6.26 Å². The smallest absolute Gasteiger partial charge is 0.172 e. The number of anilines is 2. The molecule has 0 aliphatic carbocycles. The summed E-state index contributed by atoms with van der Waals surface area (Å²) in [4.78, 5) is 4.65. The number of nitrogens with zero attached hydrogens (tertiary/aromatic N) is 3. The van der Waals surface area contributed by atoms with Gasteiger partial charge in [-0.1, -0.05) is 23.4 Å². The lowest BCUT2D eigenvalue weighted by molar-refractivity contribution is 0.418. The molecule has 4 nitrogen and oxygen atoms in total. The van der Waals surface area contributed by atoms with Crippen LogP contribution in [0, 0.1) is 0 Å². The topological polar surface area (TPSA) is 32.5 Å². The first-order valence-corrected chi connectivity index (χ1v) is 5.89. The Kier molecular flexibility index (Phi) is 2.69. The fraction of sp³-hybridized carbons (Fsp3) is 0.308. The van der Waals surface area contributed by atoms with Crippen molar-refractivity contribution in [3.05, 3.63) is 42.7 Å². The first-order chi connectivity index (χ1) is 8.43. The van der Waals surface area contributed by atoms with Gasteiger partial charge < -0.3 is 14.3 Å². The molecule has 2 heterocycles. The standard InChI is InChI=1S/C13H15N3O/c1-2-4-12(5-3-1)15-7-9-16(10-8-15)13-6-11-17-14-13/h1-6,11H,7-10H2. The summed E-state index contributed by atoms with van der Waals surface area (Å²) in [6.07, 6.45) is 1.62. The molecule has 0 unspecified atom stereocenters. The molecular weight excluding hydrogens is 214 g/mol. The van der Waals surface area contributed by atoms with Gasteiger partial charge in [0.2, 0.25) is 0 Å². The fourth-order valence-corrected chi connectivity index (χ4v) is 2.20. The van der Waals surface area contributed by atoms with Crippen LogP contribution in [-0.2, 0) is 0 Å². The molecule has 4 heteroatoms. The van der Waals surface area contributed by atoms with Crippen molar-refractivity contribution < 1.29 is 4.52 Å². The maximum atomic E-state index is 4.87. The third kappa shape index (κ3) is 2.11. The van der Waals surface area contributed by atoms with Crippen molar-refractivity contribution in [1.82, 2.24) is 5.16 Å². The number of piperazine rings is 1. The van der Waals surface area contributed by atoms with Crippen LogP contribution in [0.5, 0.6) is 0 Å². The van der Waals surface area contributed by atoms with Crippen LogP contribution < -0.4 is 9.80 Å². The van der Waals surface area contributed by atoms with Crippen LogP contribution in [0.2, 0.25) is 0 Å². The van der Waals surface area contributed by atoms with Crippen LogP contribution in [0.25, 0.3) is 0 Å². The Hall–Kier alpha value is -1.97. The van der Waals surface area contributed by atoms with E-state index in [-0.39, 0.29) is 0 Å². The second kappa shape index (κ2) is 4.49.